The van der Waals surface area contributed by atoms with Crippen LogP contribution in [0, 0.1) is 11.7 Å². The third-order valence-corrected chi connectivity index (χ3v) is 3.49. The molecule has 0 aliphatic carbocycles. The molecule has 1 heterocycles. The lowest BCUT2D eigenvalue weighted by atomic mass is 10.1. The third-order valence-electron chi connectivity index (χ3n) is 3.49. The van der Waals surface area contributed by atoms with E-state index in [1.807, 2.05) is 0 Å². The number of benzene rings is 1. The molecule has 1 aliphatic rings. The van der Waals surface area contributed by atoms with Crippen molar-refractivity contribution in [3.05, 3.63) is 35.6 Å². The van der Waals surface area contributed by atoms with Crippen molar-refractivity contribution in [3.8, 4) is 0 Å². The lowest BCUT2D eigenvalue weighted by Crippen LogP contribution is -2.32. The maximum absolute atomic E-state index is 12.9. The van der Waals surface area contributed by atoms with Crippen LogP contribution < -0.4 is 5.73 Å². The molecule has 2 rings (SSSR count). The van der Waals surface area contributed by atoms with E-state index in [0.29, 0.717) is 19.5 Å². The Balaban J connectivity index is 2.10. The summed E-state index contributed by atoms with van der Waals surface area (Å²) in [4.78, 5) is 13.0. The fraction of sp³-hybridized carbons (Fsp3) is 0.462. The molecule has 0 aromatic heterocycles. The number of carboxylic acid groups (broad SMARTS) is 1. The Morgan fingerprint density at radius 3 is 2.67 bits per heavy atom. The average Bonchev–Trinajstić information content (AvgIpc) is 2.82. The van der Waals surface area contributed by atoms with E-state index >= 15 is 0 Å². The molecule has 1 saturated heterocycles. The summed E-state index contributed by atoms with van der Waals surface area (Å²) >= 11 is 0. The molecule has 0 amide bonds. The van der Waals surface area contributed by atoms with Gasteiger partial charge in [0.15, 0.2) is 0 Å². The summed E-state index contributed by atoms with van der Waals surface area (Å²) in [5.74, 6) is -1.36. The zero-order valence-electron chi connectivity index (χ0n) is 10.1. The Hall–Kier alpha value is -1.46. The number of nitrogens with zero attached hydrogens (tertiary/aromatic N) is 1. The highest BCUT2D eigenvalue weighted by Gasteiger charge is 2.32. The summed E-state index contributed by atoms with van der Waals surface area (Å²) in [6.07, 6.45) is 0.646. The fourth-order valence-corrected chi connectivity index (χ4v) is 2.45. The fourth-order valence-electron chi connectivity index (χ4n) is 2.45. The predicted molar refractivity (Wildman–Crippen MR) is 65.5 cm³/mol. The van der Waals surface area contributed by atoms with E-state index in [1.165, 1.54) is 12.1 Å². The van der Waals surface area contributed by atoms with Crippen LogP contribution in [0.3, 0.4) is 0 Å². The van der Waals surface area contributed by atoms with E-state index in [0.717, 1.165) is 12.1 Å². The quantitative estimate of drug-likeness (QED) is 0.846. The van der Waals surface area contributed by atoms with Crippen molar-refractivity contribution in [1.82, 2.24) is 4.90 Å². The minimum atomic E-state index is -0.757. The SMILES string of the molecule is NC[C@H](c1ccc(F)cc1)N1CC[C@@H](C(=O)O)C1. The molecule has 98 valence electrons. The highest BCUT2D eigenvalue weighted by molar-refractivity contribution is 5.70. The van der Waals surface area contributed by atoms with Gasteiger partial charge >= 0.3 is 5.97 Å². The van der Waals surface area contributed by atoms with E-state index in [-0.39, 0.29) is 17.8 Å². The maximum atomic E-state index is 12.9. The molecule has 1 aromatic rings. The van der Waals surface area contributed by atoms with E-state index in [9.17, 15) is 9.18 Å². The van der Waals surface area contributed by atoms with Gasteiger partial charge in [-0.05, 0) is 30.7 Å². The Morgan fingerprint density at radius 2 is 2.17 bits per heavy atom. The van der Waals surface area contributed by atoms with Crippen LogP contribution >= 0.6 is 0 Å². The van der Waals surface area contributed by atoms with Crippen molar-refractivity contribution in [2.24, 2.45) is 11.7 Å². The van der Waals surface area contributed by atoms with Crippen molar-refractivity contribution in [2.75, 3.05) is 19.6 Å². The van der Waals surface area contributed by atoms with Gasteiger partial charge in [-0.25, -0.2) is 4.39 Å². The van der Waals surface area contributed by atoms with E-state index in [2.05, 4.69) is 4.90 Å². The third kappa shape index (κ3) is 2.68. The summed E-state index contributed by atoms with van der Waals surface area (Å²) in [6.45, 7) is 1.63. The van der Waals surface area contributed by atoms with Crippen LogP contribution in [0.4, 0.5) is 4.39 Å². The first-order chi connectivity index (χ1) is 8.61. The van der Waals surface area contributed by atoms with E-state index < -0.39 is 5.97 Å². The minimum absolute atomic E-state index is 0.0325. The van der Waals surface area contributed by atoms with Crippen LogP contribution in [0.15, 0.2) is 24.3 Å². The van der Waals surface area contributed by atoms with Crippen LogP contribution in [0.25, 0.3) is 0 Å². The van der Waals surface area contributed by atoms with Gasteiger partial charge in [0.2, 0.25) is 0 Å². The number of hydrogen-bond acceptors (Lipinski definition) is 3. The number of rotatable bonds is 4. The van der Waals surface area contributed by atoms with Crippen molar-refractivity contribution in [2.45, 2.75) is 12.5 Å². The van der Waals surface area contributed by atoms with Gasteiger partial charge in [0.1, 0.15) is 5.82 Å². The zero-order valence-corrected chi connectivity index (χ0v) is 10.1. The van der Waals surface area contributed by atoms with Gasteiger partial charge in [-0.3, -0.25) is 9.69 Å². The smallest absolute Gasteiger partial charge is 0.307 e. The molecule has 18 heavy (non-hydrogen) atoms. The number of nitrogens with two attached hydrogens (primary N) is 1. The molecular formula is C13H17FN2O2. The number of halogens is 1. The van der Waals surface area contributed by atoms with Crippen LogP contribution in [0.5, 0.6) is 0 Å². The Bertz CT molecular complexity index is 422. The molecular weight excluding hydrogens is 235 g/mol. The van der Waals surface area contributed by atoms with Gasteiger partial charge in [-0.2, -0.15) is 0 Å². The second-order valence-corrected chi connectivity index (χ2v) is 4.62. The molecule has 1 aliphatic heterocycles. The lowest BCUT2D eigenvalue weighted by molar-refractivity contribution is -0.141. The largest absolute Gasteiger partial charge is 0.481 e. The molecule has 1 aromatic carbocycles. The normalized spacial score (nSPS) is 22.0. The first-order valence-corrected chi connectivity index (χ1v) is 6.04. The van der Waals surface area contributed by atoms with Crippen molar-refractivity contribution in [1.29, 1.82) is 0 Å². The lowest BCUT2D eigenvalue weighted by Gasteiger charge is -2.26. The predicted octanol–water partition coefficient (Wildman–Crippen LogP) is 1.23. The molecule has 0 bridgehead atoms. The minimum Gasteiger partial charge on any atom is -0.481 e. The highest BCUT2D eigenvalue weighted by Crippen LogP contribution is 2.27. The monoisotopic (exact) mass is 252 g/mol. The Kier molecular flexibility index (Phi) is 3.93. The van der Waals surface area contributed by atoms with Gasteiger partial charge in [-0.1, -0.05) is 12.1 Å². The zero-order chi connectivity index (χ0) is 13.1. The Morgan fingerprint density at radius 1 is 1.50 bits per heavy atom. The van der Waals surface area contributed by atoms with Crippen molar-refractivity contribution >= 4 is 5.97 Å². The summed E-state index contributed by atoms with van der Waals surface area (Å²) in [5, 5.41) is 8.98. The van der Waals surface area contributed by atoms with Gasteiger partial charge in [0, 0.05) is 19.1 Å². The molecule has 0 unspecified atom stereocenters. The number of likely N-dealkylation sites (tertiary alicyclic amines) is 1. The molecule has 0 saturated carbocycles. The van der Waals surface area contributed by atoms with Crippen LogP contribution in [-0.4, -0.2) is 35.6 Å². The number of aliphatic carboxylic acids is 1. The van der Waals surface area contributed by atoms with Crippen molar-refractivity contribution < 1.29 is 14.3 Å². The van der Waals surface area contributed by atoms with Gasteiger partial charge < -0.3 is 10.8 Å². The average molecular weight is 252 g/mol. The summed E-state index contributed by atoms with van der Waals surface area (Å²) in [7, 11) is 0. The van der Waals surface area contributed by atoms with Gasteiger partial charge in [-0.15, -0.1) is 0 Å². The number of carbonyl (C=O) groups is 1. The summed E-state index contributed by atoms with van der Waals surface area (Å²) in [5.41, 5.74) is 6.70. The maximum Gasteiger partial charge on any atom is 0.307 e. The molecule has 3 N–H and O–H groups in total. The molecule has 0 spiro atoms. The molecule has 5 heteroatoms. The molecule has 4 nitrogen and oxygen atoms in total. The molecule has 1 fully saturated rings. The number of hydrogen-bond donors (Lipinski definition) is 2. The molecule has 0 radical (unpaired) electrons. The van der Waals surface area contributed by atoms with Crippen LogP contribution in [0.1, 0.15) is 18.0 Å². The standard InChI is InChI=1S/C13H17FN2O2/c14-11-3-1-9(2-4-11)12(7-15)16-6-5-10(8-16)13(17)18/h1-4,10,12H,5-8,15H2,(H,17,18)/t10-,12-/m1/s1. The Labute approximate surface area is 105 Å². The summed E-state index contributed by atoms with van der Waals surface area (Å²) in [6, 6.07) is 6.20. The first kappa shape index (κ1) is 13.0. The second kappa shape index (κ2) is 5.46. The highest BCUT2D eigenvalue weighted by atomic mass is 19.1. The molecule has 2 atom stereocenters. The second-order valence-electron chi connectivity index (χ2n) is 4.62. The summed E-state index contributed by atoms with van der Waals surface area (Å²) < 4.78 is 12.9. The van der Waals surface area contributed by atoms with Crippen LogP contribution in [0.2, 0.25) is 0 Å². The number of carboxylic acids is 1. The first-order valence-electron chi connectivity index (χ1n) is 6.04. The van der Waals surface area contributed by atoms with E-state index in [4.69, 9.17) is 10.8 Å². The van der Waals surface area contributed by atoms with E-state index in [1.54, 1.807) is 12.1 Å². The van der Waals surface area contributed by atoms with Gasteiger partial charge in [0.05, 0.1) is 5.92 Å². The van der Waals surface area contributed by atoms with Gasteiger partial charge in [0.25, 0.3) is 0 Å². The van der Waals surface area contributed by atoms with Crippen LogP contribution in [-0.2, 0) is 4.79 Å². The van der Waals surface area contributed by atoms with Crippen molar-refractivity contribution in [3.63, 3.8) is 0 Å². The topological polar surface area (TPSA) is 66.6 Å².